The molecule has 2 aromatic carbocycles. The Morgan fingerprint density at radius 3 is 2.69 bits per heavy atom. The van der Waals surface area contributed by atoms with Crippen molar-refractivity contribution in [3.8, 4) is 11.5 Å². The van der Waals surface area contributed by atoms with Crippen LogP contribution in [0.1, 0.15) is 26.2 Å². The summed E-state index contributed by atoms with van der Waals surface area (Å²) in [5.41, 5.74) is 0.901. The van der Waals surface area contributed by atoms with Crippen LogP contribution in [0.3, 0.4) is 0 Å². The minimum absolute atomic E-state index is 0.313. The number of hydrogen-bond acceptors (Lipinski definition) is 6. The number of benzene rings is 2. The van der Waals surface area contributed by atoms with Crippen LogP contribution in [0.25, 0.3) is 10.9 Å². The molecule has 1 heterocycles. The summed E-state index contributed by atoms with van der Waals surface area (Å²) >= 11 is 0. The Morgan fingerprint density at radius 2 is 1.92 bits per heavy atom. The average Bonchev–Trinajstić information content (AvgIpc) is 2.66. The monoisotopic (exact) mass is 356 g/mol. The van der Waals surface area contributed by atoms with Crippen molar-refractivity contribution in [2.75, 3.05) is 19.0 Å². The summed E-state index contributed by atoms with van der Waals surface area (Å²) in [6.07, 6.45) is 3.20. The fourth-order valence-electron chi connectivity index (χ4n) is 2.58. The summed E-state index contributed by atoms with van der Waals surface area (Å²) in [7, 11) is 1.58. The van der Waals surface area contributed by atoms with Crippen molar-refractivity contribution in [1.82, 2.24) is 15.4 Å². The SMILES string of the molecule is CCCCCOc1cc2nnnc(Nc3ccccc3F)c2cc1OC. The highest BCUT2D eigenvalue weighted by atomic mass is 19.1. The zero-order valence-corrected chi connectivity index (χ0v) is 14.8. The lowest BCUT2D eigenvalue weighted by atomic mass is 10.2. The van der Waals surface area contributed by atoms with E-state index in [2.05, 4.69) is 27.7 Å². The third-order valence-corrected chi connectivity index (χ3v) is 3.97. The van der Waals surface area contributed by atoms with Crippen LogP contribution >= 0.6 is 0 Å². The lowest BCUT2D eigenvalue weighted by Crippen LogP contribution is -2.03. The van der Waals surface area contributed by atoms with Gasteiger partial charge in [-0.1, -0.05) is 31.9 Å². The van der Waals surface area contributed by atoms with Crippen molar-refractivity contribution >= 4 is 22.4 Å². The van der Waals surface area contributed by atoms with Gasteiger partial charge in [-0.15, -0.1) is 10.2 Å². The summed E-state index contributed by atoms with van der Waals surface area (Å²) < 4.78 is 25.2. The number of nitrogens with one attached hydrogen (secondary N) is 1. The van der Waals surface area contributed by atoms with Gasteiger partial charge in [0.1, 0.15) is 11.3 Å². The molecular weight excluding hydrogens is 335 g/mol. The molecule has 0 aliphatic rings. The van der Waals surface area contributed by atoms with E-state index >= 15 is 0 Å². The van der Waals surface area contributed by atoms with E-state index in [4.69, 9.17) is 9.47 Å². The van der Waals surface area contributed by atoms with Crippen LogP contribution in [-0.2, 0) is 0 Å². The molecule has 0 saturated carbocycles. The molecule has 0 fully saturated rings. The Balaban J connectivity index is 1.93. The molecule has 0 unspecified atom stereocenters. The van der Waals surface area contributed by atoms with Crippen molar-refractivity contribution in [3.63, 3.8) is 0 Å². The van der Waals surface area contributed by atoms with Crippen molar-refractivity contribution < 1.29 is 13.9 Å². The van der Waals surface area contributed by atoms with E-state index in [0.717, 1.165) is 19.3 Å². The average molecular weight is 356 g/mol. The number of unbranched alkanes of at least 4 members (excludes halogenated alkanes) is 2. The van der Waals surface area contributed by atoms with E-state index in [9.17, 15) is 4.39 Å². The first-order chi connectivity index (χ1) is 12.7. The molecule has 3 aromatic rings. The highest BCUT2D eigenvalue weighted by Crippen LogP contribution is 2.34. The second kappa shape index (κ2) is 8.42. The Labute approximate surface area is 151 Å². The molecule has 0 saturated heterocycles. The highest BCUT2D eigenvalue weighted by molar-refractivity contribution is 5.92. The Kier molecular flexibility index (Phi) is 5.78. The van der Waals surface area contributed by atoms with Gasteiger partial charge in [-0.25, -0.2) is 4.39 Å². The lowest BCUT2D eigenvalue weighted by molar-refractivity contribution is 0.286. The van der Waals surface area contributed by atoms with Crippen LogP contribution in [0, 0.1) is 5.82 Å². The van der Waals surface area contributed by atoms with Crippen LogP contribution < -0.4 is 14.8 Å². The zero-order valence-electron chi connectivity index (χ0n) is 14.8. The predicted octanol–water partition coefficient (Wildman–Crippen LogP) is 4.49. The van der Waals surface area contributed by atoms with Gasteiger partial charge in [0.05, 0.1) is 24.8 Å². The van der Waals surface area contributed by atoms with Gasteiger partial charge in [0.15, 0.2) is 17.3 Å². The molecule has 0 spiro atoms. The molecule has 3 rings (SSSR count). The summed E-state index contributed by atoms with van der Waals surface area (Å²) in [5, 5.41) is 15.4. The summed E-state index contributed by atoms with van der Waals surface area (Å²) in [5.74, 6) is 1.20. The van der Waals surface area contributed by atoms with E-state index in [1.54, 1.807) is 37.4 Å². The third-order valence-electron chi connectivity index (χ3n) is 3.97. The van der Waals surface area contributed by atoms with Crippen LogP contribution in [0.15, 0.2) is 36.4 Å². The van der Waals surface area contributed by atoms with Gasteiger partial charge in [0.2, 0.25) is 0 Å². The van der Waals surface area contributed by atoms with Gasteiger partial charge in [-0.05, 0) is 29.8 Å². The number of rotatable bonds is 8. The Hall–Kier alpha value is -2.96. The topological polar surface area (TPSA) is 69.2 Å². The van der Waals surface area contributed by atoms with E-state index in [1.807, 2.05) is 0 Å². The first-order valence-electron chi connectivity index (χ1n) is 8.58. The summed E-state index contributed by atoms with van der Waals surface area (Å²) in [6, 6.07) is 9.91. The quantitative estimate of drug-likeness (QED) is 0.600. The normalized spacial score (nSPS) is 10.7. The molecule has 7 heteroatoms. The number of aromatic nitrogens is 3. The zero-order chi connectivity index (χ0) is 18.4. The maximum absolute atomic E-state index is 13.9. The molecular formula is C19H21FN4O2. The Morgan fingerprint density at radius 1 is 1.08 bits per heavy atom. The maximum Gasteiger partial charge on any atom is 0.164 e. The summed E-state index contributed by atoms with van der Waals surface area (Å²) in [4.78, 5) is 0. The van der Waals surface area contributed by atoms with Gasteiger partial charge in [0.25, 0.3) is 0 Å². The number of nitrogens with zero attached hydrogens (tertiary/aromatic N) is 3. The molecule has 26 heavy (non-hydrogen) atoms. The Bertz CT molecular complexity index is 889. The van der Waals surface area contributed by atoms with Crippen LogP contribution in [-0.4, -0.2) is 29.1 Å². The minimum Gasteiger partial charge on any atom is -0.493 e. The van der Waals surface area contributed by atoms with Gasteiger partial charge < -0.3 is 14.8 Å². The van der Waals surface area contributed by atoms with E-state index in [-0.39, 0.29) is 5.82 Å². The van der Waals surface area contributed by atoms with Gasteiger partial charge >= 0.3 is 0 Å². The van der Waals surface area contributed by atoms with Crippen molar-refractivity contribution in [1.29, 1.82) is 0 Å². The van der Waals surface area contributed by atoms with Crippen molar-refractivity contribution in [3.05, 3.63) is 42.2 Å². The molecule has 0 aliphatic heterocycles. The van der Waals surface area contributed by atoms with Crippen LogP contribution in [0.5, 0.6) is 11.5 Å². The predicted molar refractivity (Wildman–Crippen MR) is 98.6 cm³/mol. The van der Waals surface area contributed by atoms with Gasteiger partial charge in [-0.2, -0.15) is 0 Å². The van der Waals surface area contributed by atoms with Crippen LogP contribution in [0.4, 0.5) is 15.9 Å². The maximum atomic E-state index is 13.9. The minimum atomic E-state index is -0.373. The largest absolute Gasteiger partial charge is 0.493 e. The smallest absolute Gasteiger partial charge is 0.164 e. The molecule has 136 valence electrons. The first kappa shape index (κ1) is 17.8. The number of para-hydroxylation sites is 1. The second-order valence-electron chi connectivity index (χ2n) is 5.82. The lowest BCUT2D eigenvalue weighted by Gasteiger charge is -2.13. The molecule has 0 bridgehead atoms. The van der Waals surface area contributed by atoms with E-state index in [0.29, 0.717) is 40.5 Å². The van der Waals surface area contributed by atoms with Crippen LogP contribution in [0.2, 0.25) is 0 Å². The molecule has 0 aliphatic carbocycles. The first-order valence-corrected chi connectivity index (χ1v) is 8.58. The molecule has 0 radical (unpaired) electrons. The molecule has 0 atom stereocenters. The third kappa shape index (κ3) is 3.99. The number of halogens is 1. The molecule has 1 aromatic heterocycles. The number of methoxy groups -OCH3 is 1. The molecule has 1 N–H and O–H groups in total. The number of hydrogen-bond donors (Lipinski definition) is 1. The van der Waals surface area contributed by atoms with Gasteiger partial charge in [-0.3, -0.25) is 0 Å². The number of fused-ring (bicyclic) bond motifs is 1. The highest BCUT2D eigenvalue weighted by Gasteiger charge is 2.13. The molecule has 0 amide bonds. The fraction of sp³-hybridized carbons (Fsp3) is 0.316. The fourth-order valence-corrected chi connectivity index (χ4v) is 2.58. The second-order valence-corrected chi connectivity index (χ2v) is 5.82. The van der Waals surface area contributed by atoms with Crippen molar-refractivity contribution in [2.24, 2.45) is 0 Å². The summed E-state index contributed by atoms with van der Waals surface area (Å²) in [6.45, 7) is 2.75. The number of ether oxygens (including phenoxy) is 2. The van der Waals surface area contributed by atoms with Crippen molar-refractivity contribution in [2.45, 2.75) is 26.2 Å². The molecule has 6 nitrogen and oxygen atoms in total. The number of anilines is 2. The standard InChI is InChI=1S/C19H21FN4O2/c1-3-4-7-10-26-18-12-16-13(11-17(18)25-2)19(23-24-22-16)21-15-9-6-5-8-14(15)20/h5-6,8-9,11-12H,3-4,7,10H2,1-2H3,(H,21,22,23). The van der Waals surface area contributed by atoms with E-state index < -0.39 is 0 Å². The van der Waals surface area contributed by atoms with E-state index in [1.165, 1.54) is 6.07 Å². The van der Waals surface area contributed by atoms with Gasteiger partial charge in [0, 0.05) is 6.07 Å².